The maximum atomic E-state index is 12.9. The van der Waals surface area contributed by atoms with E-state index in [1.807, 2.05) is 17.0 Å². The highest BCUT2D eigenvalue weighted by molar-refractivity contribution is 5.86. The summed E-state index contributed by atoms with van der Waals surface area (Å²) in [6, 6.07) is 6.62. The summed E-state index contributed by atoms with van der Waals surface area (Å²) in [5, 5.41) is 0. The summed E-state index contributed by atoms with van der Waals surface area (Å²) >= 11 is 0. The quantitative estimate of drug-likeness (QED) is 0.915. The third-order valence-electron chi connectivity index (χ3n) is 4.82. The fraction of sp³-hybridized carbons (Fsp3) is 0.588. The lowest BCUT2D eigenvalue weighted by Gasteiger charge is -2.35. The SMILES string of the molecule is Cl.NC1(C(=O)N2CCC(Cc3ccc(F)cc3)C2)CCOCC1. The second kappa shape index (κ2) is 7.60. The van der Waals surface area contributed by atoms with Crippen LogP contribution < -0.4 is 5.73 Å². The van der Waals surface area contributed by atoms with Crippen molar-refractivity contribution in [2.75, 3.05) is 26.3 Å². The van der Waals surface area contributed by atoms with Crippen LogP contribution in [-0.2, 0) is 16.0 Å². The van der Waals surface area contributed by atoms with E-state index in [0.717, 1.165) is 31.5 Å². The number of nitrogens with zero attached hydrogens (tertiary/aromatic N) is 1. The van der Waals surface area contributed by atoms with E-state index in [4.69, 9.17) is 10.5 Å². The molecule has 0 aliphatic carbocycles. The van der Waals surface area contributed by atoms with Crippen molar-refractivity contribution >= 4 is 18.3 Å². The fourth-order valence-electron chi connectivity index (χ4n) is 3.40. The van der Waals surface area contributed by atoms with Crippen molar-refractivity contribution in [3.8, 4) is 0 Å². The van der Waals surface area contributed by atoms with Gasteiger partial charge < -0.3 is 15.4 Å². The average molecular weight is 343 g/mol. The molecule has 23 heavy (non-hydrogen) atoms. The molecular weight excluding hydrogens is 319 g/mol. The van der Waals surface area contributed by atoms with Gasteiger partial charge in [-0.1, -0.05) is 12.1 Å². The fourth-order valence-corrected chi connectivity index (χ4v) is 3.40. The van der Waals surface area contributed by atoms with Crippen molar-refractivity contribution in [2.24, 2.45) is 11.7 Å². The molecule has 1 unspecified atom stereocenters. The van der Waals surface area contributed by atoms with Gasteiger partial charge in [0.15, 0.2) is 0 Å². The Labute approximate surface area is 142 Å². The third kappa shape index (κ3) is 4.22. The topological polar surface area (TPSA) is 55.6 Å². The van der Waals surface area contributed by atoms with Gasteiger partial charge >= 0.3 is 0 Å². The summed E-state index contributed by atoms with van der Waals surface area (Å²) in [5.74, 6) is 0.284. The predicted octanol–water partition coefficient (Wildman–Crippen LogP) is 2.15. The van der Waals surface area contributed by atoms with Gasteiger partial charge in [0.1, 0.15) is 5.82 Å². The Hall–Kier alpha value is -1.17. The largest absolute Gasteiger partial charge is 0.381 e. The van der Waals surface area contributed by atoms with Gasteiger partial charge in [-0.3, -0.25) is 4.79 Å². The molecule has 2 saturated heterocycles. The zero-order valence-electron chi connectivity index (χ0n) is 13.2. The van der Waals surface area contributed by atoms with E-state index in [1.54, 1.807) is 0 Å². The number of halogens is 2. The second-order valence-corrected chi connectivity index (χ2v) is 6.50. The van der Waals surface area contributed by atoms with Gasteiger partial charge in [0.2, 0.25) is 5.91 Å². The van der Waals surface area contributed by atoms with Crippen LogP contribution in [0.4, 0.5) is 4.39 Å². The highest BCUT2D eigenvalue weighted by Crippen LogP contribution is 2.26. The molecular formula is C17H24ClFN2O2. The first-order valence-corrected chi connectivity index (χ1v) is 7.97. The number of carbonyl (C=O) groups is 1. The molecule has 0 aromatic heterocycles. The van der Waals surface area contributed by atoms with E-state index < -0.39 is 5.54 Å². The van der Waals surface area contributed by atoms with Crippen LogP contribution in [0.2, 0.25) is 0 Å². The van der Waals surface area contributed by atoms with Crippen molar-refractivity contribution in [3.63, 3.8) is 0 Å². The maximum Gasteiger partial charge on any atom is 0.242 e. The van der Waals surface area contributed by atoms with Crippen molar-refractivity contribution in [2.45, 2.75) is 31.2 Å². The van der Waals surface area contributed by atoms with Crippen molar-refractivity contribution in [1.29, 1.82) is 0 Å². The zero-order valence-corrected chi connectivity index (χ0v) is 14.0. The van der Waals surface area contributed by atoms with E-state index in [0.29, 0.717) is 32.0 Å². The van der Waals surface area contributed by atoms with Crippen LogP contribution in [0.3, 0.4) is 0 Å². The molecule has 1 aromatic carbocycles. The molecule has 0 radical (unpaired) electrons. The van der Waals surface area contributed by atoms with Gasteiger partial charge in [-0.05, 0) is 49.3 Å². The number of amides is 1. The molecule has 2 aliphatic heterocycles. The number of hydrogen-bond acceptors (Lipinski definition) is 3. The van der Waals surface area contributed by atoms with Crippen molar-refractivity contribution < 1.29 is 13.9 Å². The van der Waals surface area contributed by atoms with Gasteiger partial charge in [0.05, 0.1) is 5.54 Å². The average Bonchev–Trinajstić information content (AvgIpc) is 2.98. The lowest BCUT2D eigenvalue weighted by atomic mass is 9.90. The molecule has 0 spiro atoms. The highest BCUT2D eigenvalue weighted by Gasteiger charge is 2.40. The Morgan fingerprint density at radius 1 is 1.30 bits per heavy atom. The zero-order chi connectivity index (χ0) is 15.6. The van der Waals surface area contributed by atoms with E-state index in [-0.39, 0.29) is 24.1 Å². The monoisotopic (exact) mass is 342 g/mol. The van der Waals surface area contributed by atoms with E-state index in [2.05, 4.69) is 0 Å². The molecule has 6 heteroatoms. The molecule has 1 atom stereocenters. The lowest BCUT2D eigenvalue weighted by molar-refractivity contribution is -0.139. The maximum absolute atomic E-state index is 12.9. The van der Waals surface area contributed by atoms with Crippen LogP contribution >= 0.6 is 12.4 Å². The predicted molar refractivity (Wildman–Crippen MR) is 89.0 cm³/mol. The number of hydrogen-bond donors (Lipinski definition) is 1. The number of ether oxygens (including phenoxy) is 1. The Morgan fingerprint density at radius 2 is 1.96 bits per heavy atom. The first-order chi connectivity index (χ1) is 10.6. The van der Waals surface area contributed by atoms with E-state index in [1.165, 1.54) is 12.1 Å². The van der Waals surface area contributed by atoms with Crippen LogP contribution in [0.1, 0.15) is 24.8 Å². The molecule has 1 amide bonds. The standard InChI is InChI=1S/C17H23FN2O2.ClH/c18-15-3-1-13(2-4-15)11-14-5-8-20(12-14)16(21)17(19)6-9-22-10-7-17;/h1-4,14H,5-12,19H2;1H. The minimum atomic E-state index is -0.747. The van der Waals surface area contributed by atoms with Gasteiger partial charge in [0, 0.05) is 26.3 Å². The van der Waals surface area contributed by atoms with Gasteiger partial charge in [0.25, 0.3) is 0 Å². The Bertz CT molecular complexity index is 532. The van der Waals surface area contributed by atoms with Crippen LogP contribution in [0.15, 0.2) is 24.3 Å². The minimum Gasteiger partial charge on any atom is -0.381 e. The first-order valence-electron chi connectivity index (χ1n) is 7.97. The summed E-state index contributed by atoms with van der Waals surface area (Å²) in [6.45, 7) is 2.64. The highest BCUT2D eigenvalue weighted by atomic mass is 35.5. The molecule has 128 valence electrons. The van der Waals surface area contributed by atoms with Gasteiger partial charge in [-0.25, -0.2) is 4.39 Å². The summed E-state index contributed by atoms with van der Waals surface area (Å²) in [4.78, 5) is 14.6. The molecule has 2 aliphatic rings. The molecule has 3 rings (SSSR count). The van der Waals surface area contributed by atoms with Crippen LogP contribution in [0, 0.1) is 11.7 Å². The number of carbonyl (C=O) groups excluding carboxylic acids is 1. The number of nitrogens with two attached hydrogens (primary N) is 1. The second-order valence-electron chi connectivity index (χ2n) is 6.50. The molecule has 1 aromatic rings. The summed E-state index contributed by atoms with van der Waals surface area (Å²) < 4.78 is 18.2. The normalized spacial score (nSPS) is 23.4. The van der Waals surface area contributed by atoms with E-state index >= 15 is 0 Å². The Balaban J connectivity index is 0.00000192. The Kier molecular flexibility index (Phi) is 6.00. The molecule has 2 fully saturated rings. The summed E-state index contributed by atoms with van der Waals surface area (Å²) in [5.41, 5.74) is 6.66. The lowest BCUT2D eigenvalue weighted by Crippen LogP contribution is -2.57. The van der Waals surface area contributed by atoms with Crippen LogP contribution in [-0.4, -0.2) is 42.6 Å². The minimum absolute atomic E-state index is 0. The first kappa shape index (κ1) is 18.2. The molecule has 4 nitrogen and oxygen atoms in total. The molecule has 0 saturated carbocycles. The smallest absolute Gasteiger partial charge is 0.242 e. The summed E-state index contributed by atoms with van der Waals surface area (Å²) in [6.07, 6.45) is 3.07. The van der Waals surface area contributed by atoms with E-state index in [9.17, 15) is 9.18 Å². The molecule has 2 N–H and O–H groups in total. The van der Waals surface area contributed by atoms with Crippen LogP contribution in [0.5, 0.6) is 0 Å². The van der Waals surface area contributed by atoms with Gasteiger partial charge in [-0.2, -0.15) is 0 Å². The van der Waals surface area contributed by atoms with Crippen molar-refractivity contribution in [3.05, 3.63) is 35.6 Å². The molecule has 2 heterocycles. The number of likely N-dealkylation sites (tertiary alicyclic amines) is 1. The third-order valence-corrected chi connectivity index (χ3v) is 4.82. The van der Waals surface area contributed by atoms with Gasteiger partial charge in [-0.15, -0.1) is 12.4 Å². The van der Waals surface area contributed by atoms with Crippen LogP contribution in [0.25, 0.3) is 0 Å². The molecule has 0 bridgehead atoms. The summed E-state index contributed by atoms with van der Waals surface area (Å²) in [7, 11) is 0. The Morgan fingerprint density at radius 3 is 2.61 bits per heavy atom. The number of rotatable bonds is 3. The number of benzene rings is 1. The van der Waals surface area contributed by atoms with Crippen molar-refractivity contribution in [1.82, 2.24) is 4.90 Å².